The predicted octanol–water partition coefficient (Wildman–Crippen LogP) is 4.06. The van der Waals surface area contributed by atoms with E-state index in [0.29, 0.717) is 17.9 Å². The summed E-state index contributed by atoms with van der Waals surface area (Å²) in [7, 11) is 1.79. The first-order chi connectivity index (χ1) is 14.0. The summed E-state index contributed by atoms with van der Waals surface area (Å²) in [6.45, 7) is 0. The Morgan fingerprint density at radius 3 is 2.62 bits per heavy atom. The first-order valence-electron chi connectivity index (χ1n) is 10.1. The largest absolute Gasteiger partial charge is 0.487 e. The van der Waals surface area contributed by atoms with Gasteiger partial charge in [-0.1, -0.05) is 24.6 Å². The zero-order chi connectivity index (χ0) is 20.1. The van der Waals surface area contributed by atoms with Crippen LogP contribution in [0.25, 0.3) is 11.1 Å². The van der Waals surface area contributed by atoms with Crippen LogP contribution in [0.15, 0.2) is 47.5 Å². The van der Waals surface area contributed by atoms with Gasteiger partial charge < -0.3 is 10.5 Å². The van der Waals surface area contributed by atoms with Crippen molar-refractivity contribution >= 4 is 5.96 Å². The highest BCUT2D eigenvalue weighted by Gasteiger charge is 2.54. The number of nitrogens with two attached hydrogens (primary N) is 1. The molecule has 0 radical (unpaired) electrons. The molecule has 6 nitrogen and oxygen atoms in total. The molecule has 1 saturated carbocycles. The van der Waals surface area contributed by atoms with Gasteiger partial charge in [0.15, 0.2) is 0 Å². The maximum absolute atomic E-state index is 9.24. The van der Waals surface area contributed by atoms with Crippen LogP contribution in [-0.2, 0) is 10.6 Å². The molecule has 2 aromatic carbocycles. The van der Waals surface area contributed by atoms with E-state index in [1.807, 2.05) is 30.3 Å². The second kappa shape index (κ2) is 6.50. The Morgan fingerprint density at radius 2 is 1.90 bits per heavy atom. The molecule has 29 heavy (non-hydrogen) atoms. The number of hydrogen-bond acceptors (Lipinski definition) is 6. The first-order valence-corrected chi connectivity index (χ1v) is 10.1. The van der Waals surface area contributed by atoms with Gasteiger partial charge in [-0.3, -0.25) is 0 Å². The minimum absolute atomic E-state index is 0.261. The van der Waals surface area contributed by atoms with Crippen LogP contribution in [0.2, 0.25) is 0 Å². The Labute approximate surface area is 170 Å². The fraction of sp³-hybridized carbons (Fsp3) is 0.391. The zero-order valence-electron chi connectivity index (χ0n) is 16.5. The van der Waals surface area contributed by atoms with E-state index in [1.54, 1.807) is 18.2 Å². The number of nitriles is 1. The highest BCUT2D eigenvalue weighted by atomic mass is 16.7. The van der Waals surface area contributed by atoms with E-state index in [4.69, 9.17) is 20.3 Å². The molecular weight excluding hydrogens is 364 g/mol. The molecule has 1 fully saturated rings. The van der Waals surface area contributed by atoms with Crippen LogP contribution in [0.1, 0.15) is 49.7 Å². The summed E-state index contributed by atoms with van der Waals surface area (Å²) in [6.07, 6.45) is 6.20. The number of fused-ring (bicyclic) bond motifs is 2. The number of hydroxylamine groups is 2. The Hall–Kier alpha value is -3.04. The van der Waals surface area contributed by atoms with E-state index in [1.165, 1.54) is 6.42 Å². The van der Waals surface area contributed by atoms with Crippen LogP contribution in [0.4, 0.5) is 0 Å². The molecule has 2 aromatic rings. The fourth-order valence-electron chi connectivity index (χ4n) is 4.88. The maximum Gasteiger partial charge on any atom is 0.222 e. The van der Waals surface area contributed by atoms with Gasteiger partial charge in [0.05, 0.1) is 17.2 Å². The topological polar surface area (TPSA) is 83.9 Å². The van der Waals surface area contributed by atoms with Gasteiger partial charge in [0.2, 0.25) is 11.7 Å². The molecule has 2 aliphatic heterocycles. The molecule has 2 heterocycles. The molecule has 0 saturated heterocycles. The van der Waals surface area contributed by atoms with Gasteiger partial charge in [-0.25, -0.2) is 14.9 Å². The summed E-state index contributed by atoms with van der Waals surface area (Å²) in [5, 5.41) is 10.8. The van der Waals surface area contributed by atoms with Crippen molar-refractivity contribution in [3.8, 4) is 22.9 Å². The molecule has 148 valence electrons. The minimum Gasteiger partial charge on any atom is -0.487 e. The predicted molar refractivity (Wildman–Crippen MR) is 110 cm³/mol. The van der Waals surface area contributed by atoms with Gasteiger partial charge in [-0.2, -0.15) is 5.26 Å². The van der Waals surface area contributed by atoms with E-state index >= 15 is 0 Å². The monoisotopic (exact) mass is 388 g/mol. The summed E-state index contributed by atoms with van der Waals surface area (Å²) < 4.78 is 6.59. The molecule has 2 spiro atoms. The molecule has 1 unspecified atom stereocenters. The summed E-state index contributed by atoms with van der Waals surface area (Å²) in [5.74, 6) is 1.19. The number of benzene rings is 2. The molecule has 2 N–H and O–H groups in total. The second-order valence-corrected chi connectivity index (χ2v) is 8.27. The van der Waals surface area contributed by atoms with Crippen LogP contribution in [-0.4, -0.2) is 23.7 Å². The molecule has 6 heteroatoms. The molecule has 5 rings (SSSR count). The van der Waals surface area contributed by atoms with E-state index in [9.17, 15) is 5.26 Å². The third-order valence-corrected chi connectivity index (χ3v) is 6.28. The van der Waals surface area contributed by atoms with Crippen molar-refractivity contribution in [3.63, 3.8) is 0 Å². The average Bonchev–Trinajstić information content (AvgIpc) is 3.01. The van der Waals surface area contributed by atoms with Gasteiger partial charge in [0.1, 0.15) is 11.4 Å². The third-order valence-electron chi connectivity index (χ3n) is 6.28. The van der Waals surface area contributed by atoms with Crippen molar-refractivity contribution in [2.45, 2.75) is 49.9 Å². The Morgan fingerprint density at radius 1 is 1.10 bits per heavy atom. The molecule has 0 aromatic heterocycles. The van der Waals surface area contributed by atoms with Crippen molar-refractivity contribution in [1.29, 1.82) is 5.26 Å². The zero-order valence-corrected chi connectivity index (χ0v) is 16.5. The van der Waals surface area contributed by atoms with Gasteiger partial charge in [0, 0.05) is 13.5 Å². The van der Waals surface area contributed by atoms with Gasteiger partial charge >= 0.3 is 0 Å². The van der Waals surface area contributed by atoms with E-state index in [0.717, 1.165) is 48.1 Å². The van der Waals surface area contributed by atoms with E-state index in [-0.39, 0.29) is 5.60 Å². The summed E-state index contributed by atoms with van der Waals surface area (Å²) in [6, 6.07) is 15.9. The van der Waals surface area contributed by atoms with Crippen LogP contribution in [0, 0.1) is 11.3 Å². The lowest BCUT2D eigenvalue weighted by atomic mass is 9.75. The summed E-state index contributed by atoms with van der Waals surface area (Å²) in [5.41, 5.74) is 8.48. The van der Waals surface area contributed by atoms with Gasteiger partial charge in [0.25, 0.3) is 0 Å². The lowest BCUT2D eigenvalue weighted by molar-refractivity contribution is -0.207. The Kier molecular flexibility index (Phi) is 4.04. The highest BCUT2D eigenvalue weighted by Crippen LogP contribution is 2.53. The van der Waals surface area contributed by atoms with Crippen molar-refractivity contribution < 1.29 is 9.57 Å². The standard InChI is InChI=1S/C23H24N4O2/c1-27-21(25)26-23(29-27)15-22(10-3-2-4-11-22)28-20-9-8-18(13-19(20)23)17-7-5-6-16(12-17)14-24/h5-9,12-13H,2-4,10-11,15H2,1H3,(H2,25,26). The van der Waals surface area contributed by atoms with Gasteiger partial charge in [-0.05, 0) is 61.1 Å². The molecule has 3 aliphatic rings. The first kappa shape index (κ1) is 18.0. The molecular formula is C23H24N4O2. The number of nitrogens with zero attached hydrogens (tertiary/aromatic N) is 3. The van der Waals surface area contributed by atoms with Crippen molar-refractivity contribution in [3.05, 3.63) is 53.6 Å². The average molecular weight is 388 g/mol. The highest BCUT2D eigenvalue weighted by molar-refractivity contribution is 5.79. The lowest BCUT2D eigenvalue weighted by Crippen LogP contribution is -2.49. The van der Waals surface area contributed by atoms with Crippen LogP contribution in [0.5, 0.6) is 5.75 Å². The van der Waals surface area contributed by atoms with Crippen molar-refractivity contribution in [2.75, 3.05) is 7.05 Å². The lowest BCUT2D eigenvalue weighted by Gasteiger charge is -2.47. The van der Waals surface area contributed by atoms with E-state index < -0.39 is 5.72 Å². The molecule has 0 bridgehead atoms. The van der Waals surface area contributed by atoms with Crippen LogP contribution < -0.4 is 10.5 Å². The minimum atomic E-state index is -0.868. The summed E-state index contributed by atoms with van der Waals surface area (Å²) in [4.78, 5) is 11.0. The normalized spacial score (nSPS) is 24.7. The number of ether oxygens (including phenoxy) is 1. The van der Waals surface area contributed by atoms with Crippen molar-refractivity contribution in [2.24, 2.45) is 10.7 Å². The second-order valence-electron chi connectivity index (χ2n) is 8.27. The number of guanidine groups is 1. The third kappa shape index (κ3) is 2.93. The molecule has 1 atom stereocenters. The van der Waals surface area contributed by atoms with E-state index in [2.05, 4.69) is 12.1 Å². The fourth-order valence-corrected chi connectivity index (χ4v) is 4.88. The quantitative estimate of drug-likeness (QED) is 0.797. The van der Waals surface area contributed by atoms with Crippen LogP contribution in [0.3, 0.4) is 0 Å². The number of aliphatic imine (C=N–C) groups is 1. The SMILES string of the molecule is CN1OC2(CC3(CCCCC3)Oc3ccc(-c4cccc(C#N)c4)cc32)N=C1N. The molecule has 0 amide bonds. The number of hydrogen-bond donors (Lipinski definition) is 1. The maximum atomic E-state index is 9.24. The summed E-state index contributed by atoms with van der Waals surface area (Å²) >= 11 is 0. The number of rotatable bonds is 1. The Bertz CT molecular complexity index is 1040. The molecule has 1 aliphatic carbocycles. The smallest absolute Gasteiger partial charge is 0.222 e. The van der Waals surface area contributed by atoms with Gasteiger partial charge in [-0.15, -0.1) is 0 Å². The Balaban J connectivity index is 1.64. The van der Waals surface area contributed by atoms with Crippen molar-refractivity contribution in [1.82, 2.24) is 5.06 Å². The van der Waals surface area contributed by atoms with Crippen LogP contribution >= 0.6 is 0 Å².